The van der Waals surface area contributed by atoms with E-state index in [0.29, 0.717) is 72.8 Å². The number of fused-ring (bicyclic) bond motifs is 3. The maximum absolute atomic E-state index is 14.9. The van der Waals surface area contributed by atoms with Gasteiger partial charge in [-0.3, -0.25) is 14.7 Å². The first-order chi connectivity index (χ1) is 19.6. The van der Waals surface area contributed by atoms with Crippen LogP contribution in [-0.2, 0) is 14.3 Å². The quantitative estimate of drug-likeness (QED) is 0.228. The number of aromatic nitrogens is 1. The van der Waals surface area contributed by atoms with Gasteiger partial charge in [-0.1, -0.05) is 0 Å². The van der Waals surface area contributed by atoms with Gasteiger partial charge in [0.15, 0.2) is 11.5 Å². The van der Waals surface area contributed by atoms with E-state index in [-0.39, 0.29) is 11.4 Å². The second-order valence-corrected chi connectivity index (χ2v) is 10.1. The summed E-state index contributed by atoms with van der Waals surface area (Å²) in [6, 6.07) is 7.59. The maximum Gasteiger partial charge on any atom is 0.237 e. The third kappa shape index (κ3) is 5.39. The average molecular weight is 552 g/mol. The standard InChI is InChI=1S/C29H30FN3O7/c30-20-16-19(2-3-21(20)32-28(35)29(18-34)5-6-29)40-23-4-7-31-22-17-24(26-27(25(22)23)39-15-14-38-26)37-11-1-8-33-9-12-36-13-10-33/h2-4,7,16-18H,1,5-6,8-15H2,(H,32,35). The van der Waals surface area contributed by atoms with Crippen LogP contribution in [0.4, 0.5) is 10.1 Å². The van der Waals surface area contributed by atoms with Gasteiger partial charge in [-0.2, -0.15) is 0 Å². The molecule has 0 bridgehead atoms. The molecule has 1 aliphatic carbocycles. The normalized spacial score (nSPS) is 17.7. The van der Waals surface area contributed by atoms with Gasteiger partial charge in [-0.25, -0.2) is 4.39 Å². The minimum absolute atomic E-state index is 0.0189. The lowest BCUT2D eigenvalue weighted by molar-refractivity contribution is -0.126. The van der Waals surface area contributed by atoms with Gasteiger partial charge in [-0.05, 0) is 37.5 Å². The Kier molecular flexibility index (Phi) is 7.40. The highest BCUT2D eigenvalue weighted by atomic mass is 19.1. The van der Waals surface area contributed by atoms with E-state index < -0.39 is 17.1 Å². The Bertz CT molecular complexity index is 1420. The van der Waals surface area contributed by atoms with Gasteiger partial charge in [0.1, 0.15) is 42.2 Å². The molecule has 1 amide bonds. The summed E-state index contributed by atoms with van der Waals surface area (Å²) in [5.41, 5.74) is -0.475. The number of ether oxygens (including phenoxy) is 5. The minimum Gasteiger partial charge on any atom is -0.489 e. The zero-order valence-electron chi connectivity index (χ0n) is 21.9. The molecule has 0 unspecified atom stereocenters. The molecule has 3 aliphatic rings. The molecule has 3 aromatic rings. The van der Waals surface area contributed by atoms with Crippen molar-refractivity contribution in [2.75, 3.05) is 58.0 Å². The summed E-state index contributed by atoms with van der Waals surface area (Å²) in [5, 5.41) is 3.08. The van der Waals surface area contributed by atoms with E-state index >= 15 is 0 Å². The molecular formula is C29H30FN3O7. The first-order valence-corrected chi connectivity index (χ1v) is 13.5. The van der Waals surface area contributed by atoms with E-state index in [2.05, 4.69) is 15.2 Å². The van der Waals surface area contributed by atoms with Crippen molar-refractivity contribution in [3.05, 3.63) is 42.3 Å². The predicted octanol–water partition coefficient (Wildman–Crippen LogP) is 3.96. The molecule has 1 N–H and O–H groups in total. The van der Waals surface area contributed by atoms with Crippen molar-refractivity contribution in [1.82, 2.24) is 9.88 Å². The summed E-state index contributed by atoms with van der Waals surface area (Å²) >= 11 is 0. The fourth-order valence-electron chi connectivity index (χ4n) is 4.83. The zero-order valence-corrected chi connectivity index (χ0v) is 21.9. The molecule has 10 nitrogen and oxygen atoms in total. The molecule has 0 spiro atoms. The number of hydrogen-bond donors (Lipinski definition) is 1. The summed E-state index contributed by atoms with van der Waals surface area (Å²) in [7, 11) is 0. The van der Waals surface area contributed by atoms with Crippen LogP contribution in [-0.4, -0.2) is 74.7 Å². The molecule has 3 heterocycles. The van der Waals surface area contributed by atoms with Gasteiger partial charge in [0.05, 0.1) is 36.4 Å². The summed E-state index contributed by atoms with van der Waals surface area (Å²) in [5.74, 6) is 0.926. The van der Waals surface area contributed by atoms with Crippen molar-refractivity contribution in [3.8, 4) is 28.7 Å². The number of aldehydes is 1. The Labute approximate surface area is 230 Å². The van der Waals surface area contributed by atoms with Gasteiger partial charge >= 0.3 is 0 Å². The van der Waals surface area contributed by atoms with Crippen molar-refractivity contribution in [3.63, 3.8) is 0 Å². The van der Waals surface area contributed by atoms with Crippen LogP contribution in [0.25, 0.3) is 10.9 Å². The lowest BCUT2D eigenvalue weighted by Gasteiger charge is -2.26. The molecular weight excluding hydrogens is 521 g/mol. The number of anilines is 1. The van der Waals surface area contributed by atoms with E-state index in [4.69, 9.17) is 23.7 Å². The number of morpholine rings is 1. The molecule has 11 heteroatoms. The summed E-state index contributed by atoms with van der Waals surface area (Å²) < 4.78 is 44.4. The zero-order chi connectivity index (χ0) is 27.5. The molecule has 2 aromatic carbocycles. The number of carbonyl (C=O) groups is 2. The minimum atomic E-state index is -1.04. The molecule has 210 valence electrons. The highest BCUT2D eigenvalue weighted by Crippen LogP contribution is 2.48. The molecule has 1 saturated carbocycles. The highest BCUT2D eigenvalue weighted by molar-refractivity contribution is 6.07. The van der Waals surface area contributed by atoms with Crippen LogP contribution in [0.5, 0.6) is 28.7 Å². The molecule has 2 aliphatic heterocycles. The van der Waals surface area contributed by atoms with E-state index in [9.17, 15) is 14.0 Å². The Balaban J connectivity index is 1.20. The van der Waals surface area contributed by atoms with E-state index in [1.807, 2.05) is 0 Å². The number of amides is 1. The lowest BCUT2D eigenvalue weighted by atomic mass is 10.1. The van der Waals surface area contributed by atoms with Crippen LogP contribution >= 0.6 is 0 Å². The fourth-order valence-corrected chi connectivity index (χ4v) is 4.83. The number of nitrogens with one attached hydrogen (secondary N) is 1. The van der Waals surface area contributed by atoms with Gasteiger partial charge in [0, 0.05) is 38.0 Å². The molecule has 0 atom stereocenters. The summed E-state index contributed by atoms with van der Waals surface area (Å²) in [4.78, 5) is 30.4. The monoisotopic (exact) mass is 551 g/mol. The van der Waals surface area contributed by atoms with Crippen molar-refractivity contribution in [1.29, 1.82) is 0 Å². The van der Waals surface area contributed by atoms with Crippen LogP contribution in [0.15, 0.2) is 36.5 Å². The summed E-state index contributed by atoms with van der Waals surface area (Å²) in [6.45, 7) is 5.53. The lowest BCUT2D eigenvalue weighted by Crippen LogP contribution is -2.37. The molecule has 40 heavy (non-hydrogen) atoms. The first-order valence-electron chi connectivity index (χ1n) is 13.5. The van der Waals surface area contributed by atoms with Crippen LogP contribution < -0.4 is 24.3 Å². The highest BCUT2D eigenvalue weighted by Gasteiger charge is 2.50. The third-order valence-electron chi connectivity index (χ3n) is 7.31. The number of pyridine rings is 1. The average Bonchev–Trinajstić information content (AvgIpc) is 3.79. The predicted molar refractivity (Wildman–Crippen MR) is 143 cm³/mol. The van der Waals surface area contributed by atoms with Gasteiger partial charge < -0.3 is 33.8 Å². The molecule has 2 fully saturated rings. The number of benzene rings is 2. The number of rotatable bonds is 10. The van der Waals surface area contributed by atoms with Crippen LogP contribution in [0, 0.1) is 11.2 Å². The van der Waals surface area contributed by atoms with Gasteiger partial charge in [0.2, 0.25) is 11.7 Å². The second kappa shape index (κ2) is 11.3. The Morgan fingerprint density at radius 2 is 1.88 bits per heavy atom. The van der Waals surface area contributed by atoms with Crippen LogP contribution in [0.3, 0.4) is 0 Å². The smallest absolute Gasteiger partial charge is 0.237 e. The van der Waals surface area contributed by atoms with Crippen molar-refractivity contribution >= 4 is 28.8 Å². The maximum atomic E-state index is 14.9. The Morgan fingerprint density at radius 1 is 1.07 bits per heavy atom. The van der Waals surface area contributed by atoms with E-state index in [0.717, 1.165) is 39.3 Å². The topological polar surface area (TPSA) is 108 Å². The van der Waals surface area contributed by atoms with Crippen LogP contribution in [0.1, 0.15) is 19.3 Å². The van der Waals surface area contributed by atoms with E-state index in [1.54, 1.807) is 24.4 Å². The fraction of sp³-hybridized carbons (Fsp3) is 0.414. The third-order valence-corrected chi connectivity index (χ3v) is 7.31. The van der Waals surface area contributed by atoms with Crippen molar-refractivity contribution in [2.24, 2.45) is 5.41 Å². The van der Waals surface area contributed by atoms with Gasteiger partial charge in [-0.15, -0.1) is 0 Å². The first kappa shape index (κ1) is 26.3. The van der Waals surface area contributed by atoms with Gasteiger partial charge in [0.25, 0.3) is 0 Å². The summed E-state index contributed by atoms with van der Waals surface area (Å²) in [6.07, 6.45) is 4.01. The SMILES string of the molecule is O=CC1(C(=O)Nc2ccc(Oc3ccnc4cc(OCCCN5CCOCC5)c5c(c34)OCCO5)cc2F)CC1. The number of halogens is 1. The number of carbonyl (C=O) groups excluding carboxylic acids is 2. The largest absolute Gasteiger partial charge is 0.489 e. The number of hydrogen-bond acceptors (Lipinski definition) is 9. The molecule has 1 aromatic heterocycles. The van der Waals surface area contributed by atoms with Crippen molar-refractivity contribution < 1.29 is 37.7 Å². The second-order valence-electron chi connectivity index (χ2n) is 10.1. The van der Waals surface area contributed by atoms with Crippen LogP contribution in [0.2, 0.25) is 0 Å². The molecule has 0 radical (unpaired) electrons. The number of nitrogens with zero attached hydrogens (tertiary/aromatic N) is 2. The Morgan fingerprint density at radius 3 is 2.62 bits per heavy atom. The Hall–Kier alpha value is -3.96. The van der Waals surface area contributed by atoms with Crippen molar-refractivity contribution in [2.45, 2.75) is 19.3 Å². The van der Waals surface area contributed by atoms with E-state index in [1.165, 1.54) is 12.1 Å². The molecule has 6 rings (SSSR count). The molecule has 1 saturated heterocycles.